The Labute approximate surface area is 166 Å². The fourth-order valence-corrected chi connectivity index (χ4v) is 2.84. The maximum atomic E-state index is 12.8. The van der Waals surface area contributed by atoms with Crippen molar-refractivity contribution >= 4 is 23.0 Å². The lowest BCUT2D eigenvalue weighted by Gasteiger charge is -2.20. The summed E-state index contributed by atoms with van der Waals surface area (Å²) < 4.78 is 5.65. The molecule has 0 aliphatic rings. The Bertz CT molecular complexity index is 891. The highest BCUT2D eigenvalue weighted by molar-refractivity contribution is 6.04. The maximum Gasteiger partial charge on any atom is 0.276 e. The van der Waals surface area contributed by atoms with E-state index >= 15 is 0 Å². The van der Waals surface area contributed by atoms with Crippen LogP contribution in [-0.2, 0) is 0 Å². The topological polar surface area (TPSA) is 54.5 Å². The molecule has 5 heteroatoms. The minimum absolute atomic E-state index is 0.115. The highest BCUT2D eigenvalue weighted by atomic mass is 16.5. The van der Waals surface area contributed by atoms with Crippen LogP contribution in [0.15, 0.2) is 72.9 Å². The van der Waals surface area contributed by atoms with Crippen LogP contribution in [0.1, 0.15) is 31.3 Å². The van der Waals surface area contributed by atoms with Gasteiger partial charge >= 0.3 is 0 Å². The summed E-state index contributed by atoms with van der Waals surface area (Å²) in [5, 5.41) is 3.28. The summed E-state index contributed by atoms with van der Waals surface area (Å²) in [5.74, 6) is 0.718. The second-order valence-corrected chi connectivity index (χ2v) is 6.63. The molecule has 0 bridgehead atoms. The molecule has 1 amide bonds. The van der Waals surface area contributed by atoms with Crippen molar-refractivity contribution in [3.63, 3.8) is 0 Å². The Balaban J connectivity index is 1.68. The Morgan fingerprint density at radius 2 is 1.68 bits per heavy atom. The van der Waals surface area contributed by atoms with E-state index in [0.29, 0.717) is 12.2 Å². The molecule has 28 heavy (non-hydrogen) atoms. The van der Waals surface area contributed by atoms with Crippen LogP contribution < -0.4 is 15.0 Å². The van der Waals surface area contributed by atoms with E-state index in [-0.39, 0.29) is 12.0 Å². The van der Waals surface area contributed by atoms with Gasteiger partial charge in [-0.3, -0.25) is 4.79 Å². The van der Waals surface area contributed by atoms with Crippen LogP contribution in [-0.4, -0.2) is 23.5 Å². The van der Waals surface area contributed by atoms with E-state index in [4.69, 9.17) is 4.74 Å². The van der Waals surface area contributed by atoms with Crippen molar-refractivity contribution in [2.45, 2.75) is 26.9 Å². The molecular formula is C23H25N3O2. The minimum Gasteiger partial charge on any atom is -0.491 e. The first-order chi connectivity index (χ1) is 13.6. The summed E-state index contributed by atoms with van der Waals surface area (Å²) in [7, 11) is 0. The van der Waals surface area contributed by atoms with Crippen molar-refractivity contribution in [2.75, 3.05) is 16.8 Å². The average molecular weight is 375 g/mol. The summed E-state index contributed by atoms with van der Waals surface area (Å²) in [6.45, 7) is 6.53. The number of benzene rings is 2. The van der Waals surface area contributed by atoms with E-state index in [1.807, 2.05) is 81.4 Å². The Hall–Kier alpha value is -3.34. The first-order valence-electron chi connectivity index (χ1n) is 9.43. The first kappa shape index (κ1) is 19.4. The molecule has 1 heterocycles. The Morgan fingerprint density at radius 3 is 2.25 bits per heavy atom. The number of rotatable bonds is 7. The first-order valence-corrected chi connectivity index (χ1v) is 9.43. The van der Waals surface area contributed by atoms with Crippen molar-refractivity contribution in [3.05, 3.63) is 78.6 Å². The highest BCUT2D eigenvalue weighted by Crippen LogP contribution is 2.21. The van der Waals surface area contributed by atoms with Crippen molar-refractivity contribution in [3.8, 4) is 5.75 Å². The smallest absolute Gasteiger partial charge is 0.276 e. The number of carbonyl (C=O) groups is 1. The summed E-state index contributed by atoms with van der Waals surface area (Å²) >= 11 is 0. The van der Waals surface area contributed by atoms with Gasteiger partial charge in [0.25, 0.3) is 5.91 Å². The largest absolute Gasteiger partial charge is 0.491 e. The number of ether oxygens (including phenoxy) is 1. The van der Waals surface area contributed by atoms with Crippen LogP contribution in [0.3, 0.4) is 0 Å². The molecule has 0 aliphatic carbocycles. The third-order valence-electron chi connectivity index (χ3n) is 4.13. The second-order valence-electron chi connectivity index (χ2n) is 6.63. The van der Waals surface area contributed by atoms with Gasteiger partial charge in [-0.05, 0) is 69.3 Å². The van der Waals surface area contributed by atoms with E-state index in [2.05, 4.69) is 10.3 Å². The second kappa shape index (κ2) is 9.04. The third kappa shape index (κ3) is 4.88. The average Bonchev–Trinajstić information content (AvgIpc) is 2.71. The van der Waals surface area contributed by atoms with Crippen LogP contribution in [0.5, 0.6) is 5.75 Å². The van der Waals surface area contributed by atoms with Gasteiger partial charge in [0, 0.05) is 17.9 Å². The third-order valence-corrected chi connectivity index (χ3v) is 4.13. The number of nitrogens with zero attached hydrogens (tertiary/aromatic N) is 2. The number of carbonyl (C=O) groups excluding carboxylic acids is 1. The van der Waals surface area contributed by atoms with Gasteiger partial charge in [0.2, 0.25) is 0 Å². The van der Waals surface area contributed by atoms with E-state index in [1.54, 1.807) is 17.2 Å². The molecule has 0 saturated heterocycles. The number of aromatic nitrogens is 1. The predicted octanol–water partition coefficient (Wildman–Crippen LogP) is 5.28. The number of nitrogens with one attached hydrogen (secondary N) is 1. The number of para-hydroxylation sites is 1. The van der Waals surface area contributed by atoms with Gasteiger partial charge in [-0.25, -0.2) is 4.98 Å². The van der Waals surface area contributed by atoms with Crippen LogP contribution in [0.2, 0.25) is 0 Å². The molecule has 2 aromatic carbocycles. The van der Waals surface area contributed by atoms with E-state index in [0.717, 1.165) is 22.8 Å². The lowest BCUT2D eigenvalue weighted by atomic mass is 10.2. The van der Waals surface area contributed by atoms with Crippen LogP contribution in [0.4, 0.5) is 17.1 Å². The standard InChI is InChI=1S/C23H25N3O2/c1-4-26(20-8-6-5-7-9-20)23(27)22-15-12-19(16-24-22)25-18-10-13-21(14-11-18)28-17(2)3/h5-17,25H,4H2,1-3H3. The molecule has 1 N–H and O–H groups in total. The molecule has 0 fully saturated rings. The summed E-state index contributed by atoms with van der Waals surface area (Å²) in [4.78, 5) is 18.9. The normalized spacial score (nSPS) is 10.6. The zero-order valence-corrected chi connectivity index (χ0v) is 16.4. The molecule has 144 valence electrons. The number of pyridine rings is 1. The van der Waals surface area contributed by atoms with Crippen molar-refractivity contribution in [1.82, 2.24) is 4.98 Å². The number of hydrogen-bond acceptors (Lipinski definition) is 4. The molecule has 0 saturated carbocycles. The highest BCUT2D eigenvalue weighted by Gasteiger charge is 2.17. The molecule has 0 radical (unpaired) electrons. The molecule has 3 aromatic rings. The number of amides is 1. The van der Waals surface area contributed by atoms with E-state index in [9.17, 15) is 4.79 Å². The molecule has 0 atom stereocenters. The van der Waals surface area contributed by atoms with Gasteiger partial charge in [-0.15, -0.1) is 0 Å². The van der Waals surface area contributed by atoms with Gasteiger partial charge < -0.3 is 15.0 Å². The summed E-state index contributed by atoms with van der Waals surface area (Å²) in [6.07, 6.45) is 1.82. The molecular weight excluding hydrogens is 350 g/mol. The SMILES string of the molecule is CCN(C(=O)c1ccc(Nc2ccc(OC(C)C)cc2)cn1)c1ccccc1. The van der Waals surface area contributed by atoms with Gasteiger partial charge in [0.05, 0.1) is 18.0 Å². The van der Waals surface area contributed by atoms with E-state index in [1.165, 1.54) is 0 Å². The van der Waals surface area contributed by atoms with Gasteiger partial charge in [0.15, 0.2) is 0 Å². The molecule has 0 unspecified atom stereocenters. The number of hydrogen-bond donors (Lipinski definition) is 1. The van der Waals surface area contributed by atoms with Crippen molar-refractivity contribution in [2.24, 2.45) is 0 Å². The van der Waals surface area contributed by atoms with Crippen molar-refractivity contribution < 1.29 is 9.53 Å². The lowest BCUT2D eigenvalue weighted by molar-refractivity contribution is 0.0983. The number of anilines is 3. The predicted molar refractivity (Wildman–Crippen MR) is 114 cm³/mol. The fraction of sp³-hybridized carbons (Fsp3) is 0.217. The van der Waals surface area contributed by atoms with E-state index < -0.39 is 0 Å². The maximum absolute atomic E-state index is 12.8. The Kier molecular flexibility index (Phi) is 6.27. The summed E-state index contributed by atoms with van der Waals surface area (Å²) in [5.41, 5.74) is 3.02. The molecule has 1 aromatic heterocycles. The zero-order chi connectivity index (χ0) is 19.9. The molecule has 0 spiro atoms. The quantitative estimate of drug-likeness (QED) is 0.610. The van der Waals surface area contributed by atoms with Gasteiger partial charge in [-0.2, -0.15) is 0 Å². The van der Waals surface area contributed by atoms with Crippen molar-refractivity contribution in [1.29, 1.82) is 0 Å². The van der Waals surface area contributed by atoms with Gasteiger partial charge in [-0.1, -0.05) is 18.2 Å². The zero-order valence-electron chi connectivity index (χ0n) is 16.4. The lowest BCUT2D eigenvalue weighted by Crippen LogP contribution is -2.31. The monoisotopic (exact) mass is 375 g/mol. The molecule has 0 aliphatic heterocycles. The van der Waals surface area contributed by atoms with Gasteiger partial charge in [0.1, 0.15) is 11.4 Å². The molecule has 3 rings (SSSR count). The summed E-state index contributed by atoms with van der Waals surface area (Å²) in [6, 6.07) is 21.0. The van der Waals surface area contributed by atoms with Crippen LogP contribution in [0, 0.1) is 0 Å². The van der Waals surface area contributed by atoms with Crippen LogP contribution >= 0.6 is 0 Å². The van der Waals surface area contributed by atoms with Crippen LogP contribution in [0.25, 0.3) is 0 Å². The Morgan fingerprint density at radius 1 is 1.00 bits per heavy atom. The fourth-order valence-electron chi connectivity index (χ4n) is 2.84. The minimum atomic E-state index is -0.115. The molecule has 5 nitrogen and oxygen atoms in total.